The number of pyridine rings is 1. The molecule has 4 aromatic rings. The Morgan fingerprint density at radius 3 is 2.66 bits per heavy atom. The number of rotatable bonds is 5. The van der Waals surface area contributed by atoms with Gasteiger partial charge in [-0.05, 0) is 42.3 Å². The van der Waals surface area contributed by atoms with Gasteiger partial charge in [-0.3, -0.25) is 4.98 Å². The van der Waals surface area contributed by atoms with Crippen LogP contribution in [0, 0.1) is 0 Å². The summed E-state index contributed by atoms with van der Waals surface area (Å²) in [7, 11) is 0. The molecule has 1 aliphatic heterocycles. The number of hydrogen-bond acceptors (Lipinski definition) is 7. The highest BCUT2D eigenvalue weighted by atomic mass is 32.1. The van der Waals surface area contributed by atoms with Crippen LogP contribution in [0.1, 0.15) is 10.4 Å². The molecule has 0 amide bonds. The summed E-state index contributed by atoms with van der Waals surface area (Å²) >= 11 is 0.606. The molecule has 5 rings (SSSR count). The van der Waals surface area contributed by atoms with Gasteiger partial charge in [0.1, 0.15) is 28.7 Å². The third-order valence-electron chi connectivity index (χ3n) is 4.90. The molecule has 32 heavy (non-hydrogen) atoms. The predicted octanol–water partition coefficient (Wildman–Crippen LogP) is 5.20. The molecule has 0 atom stereocenters. The number of fused-ring (bicyclic) bond motifs is 2. The van der Waals surface area contributed by atoms with Gasteiger partial charge in [-0.2, -0.15) is 13.2 Å². The Hall–Kier alpha value is -3.40. The number of anilines is 1. The maximum Gasteiger partial charge on any atom is 0.425 e. The van der Waals surface area contributed by atoms with E-state index in [1.165, 1.54) is 0 Å². The molecule has 1 aliphatic rings. The number of nitrogens with zero attached hydrogens (tertiary/aromatic N) is 3. The van der Waals surface area contributed by atoms with E-state index in [4.69, 9.17) is 9.47 Å². The van der Waals surface area contributed by atoms with E-state index >= 15 is 0 Å². The monoisotopic (exact) mass is 458 g/mol. The van der Waals surface area contributed by atoms with Gasteiger partial charge < -0.3 is 14.8 Å². The van der Waals surface area contributed by atoms with Crippen LogP contribution in [-0.4, -0.2) is 34.7 Å². The van der Waals surface area contributed by atoms with Crippen LogP contribution in [0.5, 0.6) is 11.5 Å². The summed E-state index contributed by atoms with van der Waals surface area (Å²) in [6.45, 7) is 1.50. The van der Waals surface area contributed by atoms with Gasteiger partial charge in [-0.1, -0.05) is 6.07 Å². The summed E-state index contributed by atoms with van der Waals surface area (Å²) in [5, 5.41) is 3.53. The first-order valence-electron chi connectivity index (χ1n) is 9.89. The van der Waals surface area contributed by atoms with Gasteiger partial charge in [0.15, 0.2) is 17.3 Å². The van der Waals surface area contributed by atoms with Crippen molar-refractivity contribution in [2.75, 3.05) is 25.1 Å². The molecule has 0 spiro atoms. The molecule has 4 heterocycles. The van der Waals surface area contributed by atoms with Crippen molar-refractivity contribution in [3.8, 4) is 22.9 Å². The smallest absolute Gasteiger partial charge is 0.425 e. The molecule has 0 bridgehead atoms. The standard InChI is InChI=1S/C22H17F3N4O2S/c23-22(24,25)18-11-15-20(28-19(29-21(15)32-18)14-2-1-6-26-12-14)27-7-5-13-3-4-16-17(10-13)31-9-8-30-16/h1-4,6,10-12H,5,7-9H2,(H,27,28,29). The number of aromatic nitrogens is 3. The molecule has 0 saturated heterocycles. The minimum atomic E-state index is -4.44. The molecule has 1 aromatic carbocycles. The topological polar surface area (TPSA) is 69.2 Å². The van der Waals surface area contributed by atoms with Gasteiger partial charge in [0, 0.05) is 24.5 Å². The van der Waals surface area contributed by atoms with Crippen LogP contribution in [0.25, 0.3) is 21.6 Å². The number of ether oxygens (including phenoxy) is 2. The maximum atomic E-state index is 13.3. The summed E-state index contributed by atoms with van der Waals surface area (Å²) in [5.41, 5.74) is 1.65. The van der Waals surface area contributed by atoms with Crippen molar-refractivity contribution in [3.05, 3.63) is 59.2 Å². The molecule has 0 fully saturated rings. The van der Waals surface area contributed by atoms with E-state index in [0.29, 0.717) is 71.6 Å². The summed E-state index contributed by atoms with van der Waals surface area (Å²) in [4.78, 5) is 12.5. The number of alkyl halides is 3. The quantitative estimate of drug-likeness (QED) is 0.444. The lowest BCUT2D eigenvalue weighted by atomic mass is 10.1. The van der Waals surface area contributed by atoms with Crippen LogP contribution in [0.2, 0.25) is 0 Å². The lowest BCUT2D eigenvalue weighted by Gasteiger charge is -2.19. The summed E-state index contributed by atoms with van der Waals surface area (Å²) in [6.07, 6.45) is -0.622. The first-order valence-corrected chi connectivity index (χ1v) is 10.7. The van der Waals surface area contributed by atoms with Gasteiger partial charge in [0.25, 0.3) is 0 Å². The fourth-order valence-corrected chi connectivity index (χ4v) is 4.29. The fraction of sp³-hybridized carbons (Fsp3) is 0.227. The third-order valence-corrected chi connectivity index (χ3v) is 5.98. The Kier molecular flexibility index (Phi) is 5.30. The van der Waals surface area contributed by atoms with E-state index in [2.05, 4.69) is 20.3 Å². The highest BCUT2D eigenvalue weighted by molar-refractivity contribution is 7.18. The highest BCUT2D eigenvalue weighted by Crippen LogP contribution is 2.40. The van der Waals surface area contributed by atoms with Crippen LogP contribution in [0.3, 0.4) is 0 Å². The zero-order valence-corrected chi connectivity index (χ0v) is 17.5. The van der Waals surface area contributed by atoms with Gasteiger partial charge in [-0.25, -0.2) is 9.97 Å². The highest BCUT2D eigenvalue weighted by Gasteiger charge is 2.33. The maximum absolute atomic E-state index is 13.3. The molecular formula is C22H17F3N4O2S. The van der Waals surface area contributed by atoms with Crippen LogP contribution in [0.4, 0.5) is 19.0 Å². The van der Waals surface area contributed by atoms with Crippen LogP contribution in [-0.2, 0) is 12.6 Å². The van der Waals surface area contributed by atoms with Gasteiger partial charge >= 0.3 is 6.18 Å². The van der Waals surface area contributed by atoms with E-state index in [0.717, 1.165) is 11.6 Å². The van der Waals surface area contributed by atoms with E-state index in [9.17, 15) is 13.2 Å². The van der Waals surface area contributed by atoms with Crippen LogP contribution in [0.15, 0.2) is 48.8 Å². The lowest BCUT2D eigenvalue weighted by Crippen LogP contribution is -2.15. The first kappa shape index (κ1) is 20.5. The SMILES string of the molecule is FC(F)(F)c1cc2c(NCCc3ccc4c(c3)OCCO4)nc(-c3cccnc3)nc2s1. The van der Waals surface area contributed by atoms with E-state index in [1.807, 2.05) is 18.2 Å². The fourth-order valence-electron chi connectivity index (χ4n) is 3.39. The van der Waals surface area contributed by atoms with Gasteiger partial charge in [-0.15, -0.1) is 11.3 Å². The number of thiophene rings is 1. The zero-order valence-electron chi connectivity index (χ0n) is 16.6. The molecule has 0 saturated carbocycles. The van der Waals surface area contributed by atoms with Crippen molar-refractivity contribution >= 4 is 27.4 Å². The second-order valence-electron chi connectivity index (χ2n) is 7.12. The second-order valence-corrected chi connectivity index (χ2v) is 8.15. The van der Waals surface area contributed by atoms with Gasteiger partial charge in [0.2, 0.25) is 0 Å². The largest absolute Gasteiger partial charge is 0.486 e. The Balaban J connectivity index is 1.43. The van der Waals surface area contributed by atoms with Crippen molar-refractivity contribution in [2.45, 2.75) is 12.6 Å². The summed E-state index contributed by atoms with van der Waals surface area (Å²) < 4.78 is 51.0. The number of halogens is 3. The Morgan fingerprint density at radius 2 is 1.88 bits per heavy atom. The molecular weight excluding hydrogens is 441 g/mol. The Morgan fingerprint density at radius 1 is 1.03 bits per heavy atom. The number of benzene rings is 1. The molecule has 3 aromatic heterocycles. The van der Waals surface area contributed by atoms with E-state index in [-0.39, 0.29) is 4.83 Å². The normalized spacial score (nSPS) is 13.3. The molecule has 0 radical (unpaired) electrons. The minimum Gasteiger partial charge on any atom is -0.486 e. The summed E-state index contributed by atoms with van der Waals surface area (Å²) in [5.74, 6) is 2.09. The Bertz CT molecular complexity index is 1260. The third kappa shape index (κ3) is 4.18. The predicted molar refractivity (Wildman–Crippen MR) is 115 cm³/mol. The molecule has 6 nitrogen and oxygen atoms in total. The van der Waals surface area contributed by atoms with Crippen molar-refractivity contribution < 1.29 is 22.6 Å². The molecule has 1 N–H and O–H groups in total. The molecule has 0 aliphatic carbocycles. The Labute approximate surface area is 185 Å². The van der Waals surface area contributed by atoms with Crippen LogP contribution >= 0.6 is 11.3 Å². The van der Waals surface area contributed by atoms with E-state index in [1.54, 1.807) is 24.5 Å². The van der Waals surface area contributed by atoms with E-state index < -0.39 is 11.1 Å². The van der Waals surface area contributed by atoms with Crippen molar-refractivity contribution in [2.24, 2.45) is 0 Å². The lowest BCUT2D eigenvalue weighted by molar-refractivity contribution is -0.134. The minimum absolute atomic E-state index is 0.271. The average Bonchev–Trinajstić information content (AvgIpc) is 3.25. The molecule has 164 valence electrons. The van der Waals surface area contributed by atoms with Gasteiger partial charge in [0.05, 0.1) is 5.39 Å². The second kappa shape index (κ2) is 8.27. The van der Waals surface area contributed by atoms with Crippen molar-refractivity contribution in [1.82, 2.24) is 15.0 Å². The van der Waals surface area contributed by atoms with Crippen molar-refractivity contribution in [3.63, 3.8) is 0 Å². The summed E-state index contributed by atoms with van der Waals surface area (Å²) in [6, 6.07) is 10.3. The molecule has 10 heteroatoms. The zero-order chi connectivity index (χ0) is 22.1. The molecule has 0 unspecified atom stereocenters. The number of hydrogen-bond donors (Lipinski definition) is 1. The first-order chi connectivity index (χ1) is 15.5. The van der Waals surface area contributed by atoms with Crippen LogP contribution < -0.4 is 14.8 Å². The number of nitrogens with one attached hydrogen (secondary N) is 1. The average molecular weight is 458 g/mol. The van der Waals surface area contributed by atoms with Crippen molar-refractivity contribution in [1.29, 1.82) is 0 Å².